The fraction of sp³-hybridized carbons (Fsp3) is 0.278. The Hall–Kier alpha value is -1.89. The maximum absolute atomic E-state index is 12.3. The van der Waals surface area contributed by atoms with E-state index in [2.05, 4.69) is 10.0 Å². The molecular formula is C18H21ClN2O3S. The molecule has 0 aromatic heterocycles. The molecule has 25 heavy (non-hydrogen) atoms. The lowest BCUT2D eigenvalue weighted by Gasteiger charge is -2.10. The Balaban J connectivity index is 1.83. The molecule has 2 aromatic rings. The monoisotopic (exact) mass is 380 g/mol. The molecule has 0 bridgehead atoms. The van der Waals surface area contributed by atoms with Crippen LogP contribution in [-0.4, -0.2) is 27.4 Å². The molecule has 134 valence electrons. The highest BCUT2D eigenvalue weighted by molar-refractivity contribution is 7.89. The van der Waals surface area contributed by atoms with Crippen LogP contribution in [0.25, 0.3) is 0 Å². The minimum Gasteiger partial charge on any atom is -0.355 e. The van der Waals surface area contributed by atoms with E-state index >= 15 is 0 Å². The quantitative estimate of drug-likeness (QED) is 0.775. The van der Waals surface area contributed by atoms with E-state index in [1.807, 2.05) is 19.1 Å². The summed E-state index contributed by atoms with van der Waals surface area (Å²) in [7, 11) is -3.71. The smallest absolute Gasteiger partial charge is 0.241 e. The predicted molar refractivity (Wildman–Crippen MR) is 99.3 cm³/mol. The summed E-state index contributed by atoms with van der Waals surface area (Å²) in [6.45, 7) is 3.75. The Kier molecular flexibility index (Phi) is 6.58. The van der Waals surface area contributed by atoms with Crippen LogP contribution in [-0.2, 0) is 21.2 Å². The second-order valence-corrected chi connectivity index (χ2v) is 7.99. The van der Waals surface area contributed by atoms with Crippen molar-refractivity contribution in [2.24, 2.45) is 0 Å². The zero-order chi connectivity index (χ0) is 18.4. The van der Waals surface area contributed by atoms with Crippen LogP contribution in [0.1, 0.15) is 16.7 Å². The Morgan fingerprint density at radius 3 is 2.40 bits per heavy atom. The first-order chi connectivity index (χ1) is 11.8. The number of sulfonamides is 1. The summed E-state index contributed by atoms with van der Waals surface area (Å²) in [6.07, 6.45) is 0.646. The molecule has 0 aliphatic rings. The highest BCUT2D eigenvalue weighted by Gasteiger charge is 2.17. The van der Waals surface area contributed by atoms with Gasteiger partial charge < -0.3 is 5.32 Å². The molecule has 0 aliphatic heterocycles. The molecule has 0 unspecified atom stereocenters. The molecule has 0 fully saturated rings. The lowest BCUT2D eigenvalue weighted by Crippen LogP contribution is -2.37. The molecule has 0 radical (unpaired) electrons. The van der Waals surface area contributed by atoms with E-state index < -0.39 is 10.0 Å². The van der Waals surface area contributed by atoms with Crippen molar-refractivity contribution in [3.63, 3.8) is 0 Å². The van der Waals surface area contributed by atoms with Gasteiger partial charge in [-0.25, -0.2) is 13.1 Å². The number of rotatable bonds is 7. The minimum atomic E-state index is -3.71. The van der Waals surface area contributed by atoms with Crippen molar-refractivity contribution in [1.29, 1.82) is 0 Å². The molecule has 2 rings (SSSR count). The van der Waals surface area contributed by atoms with Crippen molar-refractivity contribution >= 4 is 27.5 Å². The third-order valence-corrected chi connectivity index (χ3v) is 5.51. The number of hydrogen-bond donors (Lipinski definition) is 2. The van der Waals surface area contributed by atoms with Crippen LogP contribution in [0.4, 0.5) is 0 Å². The molecule has 2 aromatic carbocycles. The maximum Gasteiger partial charge on any atom is 0.241 e. The molecular weight excluding hydrogens is 360 g/mol. The number of hydrogen-bond acceptors (Lipinski definition) is 3. The summed E-state index contributed by atoms with van der Waals surface area (Å²) >= 11 is 5.82. The molecule has 7 heteroatoms. The summed E-state index contributed by atoms with van der Waals surface area (Å²) in [5, 5.41) is 3.36. The van der Waals surface area contributed by atoms with Crippen LogP contribution in [0.5, 0.6) is 0 Å². The Morgan fingerprint density at radius 2 is 1.76 bits per heavy atom. The lowest BCUT2D eigenvalue weighted by atomic mass is 10.1. The number of nitrogens with one attached hydrogen (secondary N) is 2. The van der Waals surface area contributed by atoms with E-state index in [1.54, 1.807) is 37.3 Å². The van der Waals surface area contributed by atoms with Gasteiger partial charge in [0, 0.05) is 11.6 Å². The molecule has 0 spiro atoms. The second-order valence-electron chi connectivity index (χ2n) is 5.82. The zero-order valence-corrected chi connectivity index (χ0v) is 15.7. The SMILES string of the molecule is Cc1ccc(S(=O)(=O)NCC(=O)NCCc2ccc(Cl)cc2)c(C)c1. The van der Waals surface area contributed by atoms with Crippen LogP contribution in [0.2, 0.25) is 5.02 Å². The first-order valence-electron chi connectivity index (χ1n) is 7.86. The number of carbonyl (C=O) groups is 1. The van der Waals surface area contributed by atoms with Crippen LogP contribution in [0, 0.1) is 13.8 Å². The van der Waals surface area contributed by atoms with Crippen molar-refractivity contribution in [2.75, 3.05) is 13.1 Å². The van der Waals surface area contributed by atoms with Gasteiger partial charge in [-0.15, -0.1) is 0 Å². The summed E-state index contributed by atoms with van der Waals surface area (Å²) in [6, 6.07) is 12.4. The lowest BCUT2D eigenvalue weighted by molar-refractivity contribution is -0.119. The van der Waals surface area contributed by atoms with E-state index in [4.69, 9.17) is 11.6 Å². The molecule has 0 saturated carbocycles. The van der Waals surface area contributed by atoms with Gasteiger partial charge in [-0.3, -0.25) is 4.79 Å². The molecule has 0 saturated heterocycles. The summed E-state index contributed by atoms with van der Waals surface area (Å²) in [5.74, 6) is -0.373. The van der Waals surface area contributed by atoms with Crippen LogP contribution in [0.15, 0.2) is 47.4 Å². The topological polar surface area (TPSA) is 75.3 Å². The molecule has 0 aliphatic carbocycles. The third kappa shape index (κ3) is 5.85. The van der Waals surface area contributed by atoms with Gasteiger partial charge in [0.15, 0.2) is 0 Å². The second kappa shape index (κ2) is 8.47. The van der Waals surface area contributed by atoms with Gasteiger partial charge in [-0.1, -0.05) is 41.4 Å². The molecule has 0 atom stereocenters. The number of carbonyl (C=O) groups excluding carboxylic acids is 1. The van der Waals surface area contributed by atoms with Gasteiger partial charge in [-0.05, 0) is 49.6 Å². The van der Waals surface area contributed by atoms with E-state index in [9.17, 15) is 13.2 Å². The largest absolute Gasteiger partial charge is 0.355 e. The fourth-order valence-electron chi connectivity index (χ4n) is 2.40. The fourth-order valence-corrected chi connectivity index (χ4v) is 3.73. The normalized spacial score (nSPS) is 11.3. The molecule has 2 N–H and O–H groups in total. The molecule has 1 amide bonds. The maximum atomic E-state index is 12.3. The Bertz CT molecular complexity index is 849. The molecule has 0 heterocycles. The van der Waals surface area contributed by atoms with Crippen molar-refractivity contribution in [2.45, 2.75) is 25.2 Å². The predicted octanol–water partition coefficient (Wildman–Crippen LogP) is 2.59. The summed E-state index contributed by atoms with van der Waals surface area (Å²) in [4.78, 5) is 12.0. The van der Waals surface area contributed by atoms with Crippen molar-refractivity contribution in [3.8, 4) is 0 Å². The Labute approximate surface area is 153 Å². The van der Waals surface area contributed by atoms with Gasteiger partial charge in [0.2, 0.25) is 15.9 Å². The van der Waals surface area contributed by atoms with Crippen molar-refractivity contribution in [3.05, 3.63) is 64.2 Å². The van der Waals surface area contributed by atoms with Gasteiger partial charge >= 0.3 is 0 Å². The van der Waals surface area contributed by atoms with Crippen LogP contribution >= 0.6 is 11.6 Å². The number of amides is 1. The van der Waals surface area contributed by atoms with Crippen molar-refractivity contribution < 1.29 is 13.2 Å². The van der Waals surface area contributed by atoms with Crippen LogP contribution in [0.3, 0.4) is 0 Å². The number of aryl methyl sites for hydroxylation is 2. The Morgan fingerprint density at radius 1 is 1.08 bits per heavy atom. The molecule has 5 nitrogen and oxygen atoms in total. The van der Waals surface area contributed by atoms with Crippen molar-refractivity contribution in [1.82, 2.24) is 10.0 Å². The highest BCUT2D eigenvalue weighted by Crippen LogP contribution is 2.16. The first kappa shape index (κ1) is 19.4. The van der Waals surface area contributed by atoms with E-state index in [0.29, 0.717) is 23.6 Å². The zero-order valence-electron chi connectivity index (χ0n) is 14.2. The van der Waals surface area contributed by atoms with Gasteiger partial charge in [-0.2, -0.15) is 0 Å². The average Bonchev–Trinajstić information content (AvgIpc) is 2.54. The minimum absolute atomic E-state index is 0.187. The summed E-state index contributed by atoms with van der Waals surface area (Å²) < 4.78 is 26.9. The average molecular weight is 381 g/mol. The van der Waals surface area contributed by atoms with Gasteiger partial charge in [0.25, 0.3) is 0 Å². The van der Waals surface area contributed by atoms with Crippen LogP contribution < -0.4 is 10.0 Å². The standard InChI is InChI=1S/C18H21ClN2O3S/c1-13-3-8-17(14(2)11-13)25(23,24)21-12-18(22)20-10-9-15-4-6-16(19)7-5-15/h3-8,11,21H,9-10,12H2,1-2H3,(H,20,22). The third-order valence-electron chi connectivity index (χ3n) is 3.69. The van der Waals surface area contributed by atoms with E-state index in [0.717, 1.165) is 11.1 Å². The van der Waals surface area contributed by atoms with E-state index in [-0.39, 0.29) is 17.3 Å². The van der Waals surface area contributed by atoms with E-state index in [1.165, 1.54) is 0 Å². The first-order valence-corrected chi connectivity index (χ1v) is 9.72. The number of halogens is 1. The highest BCUT2D eigenvalue weighted by atomic mass is 35.5. The van der Waals surface area contributed by atoms with Gasteiger partial charge in [0.1, 0.15) is 0 Å². The summed E-state index contributed by atoms with van der Waals surface area (Å²) in [5.41, 5.74) is 2.67. The van der Waals surface area contributed by atoms with Gasteiger partial charge in [0.05, 0.1) is 11.4 Å². The number of benzene rings is 2.